The summed E-state index contributed by atoms with van der Waals surface area (Å²) in [5, 5.41) is 19.3. The molecule has 3 aromatic rings. The number of hydrogen-bond acceptors (Lipinski definition) is 4. The van der Waals surface area contributed by atoms with Crippen LogP contribution in [0.5, 0.6) is 0 Å². The lowest BCUT2D eigenvalue weighted by Gasteiger charge is -2.16. The number of rotatable bonds is 8. The second-order valence-corrected chi connectivity index (χ2v) is 9.01. The van der Waals surface area contributed by atoms with Crippen molar-refractivity contribution in [2.75, 3.05) is 13.1 Å². The van der Waals surface area contributed by atoms with Crippen LogP contribution in [0, 0.1) is 17.2 Å². The molecule has 164 valence electrons. The van der Waals surface area contributed by atoms with Crippen molar-refractivity contribution < 1.29 is 0 Å². The van der Waals surface area contributed by atoms with Crippen molar-refractivity contribution >= 4 is 16.6 Å². The Kier molecular flexibility index (Phi) is 6.87. The maximum atomic E-state index is 9.65. The topological polar surface area (TPSA) is 60.2 Å². The molecular weight excluding hydrogens is 392 g/mol. The lowest BCUT2D eigenvalue weighted by atomic mass is 9.94. The van der Waals surface area contributed by atoms with Gasteiger partial charge in [-0.3, -0.25) is 4.99 Å². The lowest BCUT2D eigenvalue weighted by Crippen LogP contribution is -2.24. The van der Waals surface area contributed by atoms with Crippen LogP contribution in [0.15, 0.2) is 59.6 Å². The Bertz CT molecular complexity index is 1170. The van der Waals surface area contributed by atoms with E-state index in [-0.39, 0.29) is 6.04 Å². The normalized spacial score (nSPS) is 15.6. The quantitative estimate of drug-likeness (QED) is 0.469. The predicted octanol–water partition coefficient (Wildman–Crippen LogP) is 5.50. The molecule has 0 amide bonds. The molecular formula is C28H32N4. The van der Waals surface area contributed by atoms with E-state index in [9.17, 15) is 5.26 Å². The molecule has 0 saturated carbocycles. The molecule has 0 saturated heterocycles. The van der Waals surface area contributed by atoms with Crippen molar-refractivity contribution in [3.63, 3.8) is 0 Å². The van der Waals surface area contributed by atoms with E-state index in [4.69, 9.17) is 4.99 Å². The van der Waals surface area contributed by atoms with Gasteiger partial charge in [-0.15, -0.1) is 0 Å². The first kappa shape index (κ1) is 22.0. The van der Waals surface area contributed by atoms with Gasteiger partial charge in [0.15, 0.2) is 0 Å². The van der Waals surface area contributed by atoms with Crippen LogP contribution in [0.3, 0.4) is 0 Å². The third-order valence-electron chi connectivity index (χ3n) is 6.04. The molecule has 1 aliphatic rings. The monoisotopic (exact) mass is 424 g/mol. The highest BCUT2D eigenvalue weighted by atomic mass is 15.1. The Morgan fingerprint density at radius 2 is 1.88 bits per heavy atom. The molecule has 3 aromatic carbocycles. The molecule has 0 radical (unpaired) electrons. The van der Waals surface area contributed by atoms with Crippen LogP contribution >= 0.6 is 0 Å². The zero-order valence-corrected chi connectivity index (χ0v) is 19.3. The Morgan fingerprint density at radius 3 is 2.62 bits per heavy atom. The van der Waals surface area contributed by atoms with Gasteiger partial charge < -0.3 is 10.6 Å². The van der Waals surface area contributed by atoms with E-state index in [1.807, 2.05) is 6.07 Å². The van der Waals surface area contributed by atoms with Crippen LogP contribution < -0.4 is 10.6 Å². The molecule has 4 rings (SSSR count). The minimum Gasteiger partial charge on any atom is -0.361 e. The van der Waals surface area contributed by atoms with Crippen LogP contribution in [0.25, 0.3) is 10.8 Å². The minimum absolute atomic E-state index is 0.0925. The first-order valence-corrected chi connectivity index (χ1v) is 11.7. The highest BCUT2D eigenvalue weighted by Crippen LogP contribution is 2.27. The fourth-order valence-corrected chi connectivity index (χ4v) is 4.45. The van der Waals surface area contributed by atoms with Crippen molar-refractivity contribution in [1.29, 1.82) is 5.26 Å². The minimum atomic E-state index is 0.0925. The van der Waals surface area contributed by atoms with Gasteiger partial charge in [0.1, 0.15) is 5.84 Å². The first-order valence-electron chi connectivity index (χ1n) is 11.7. The zero-order chi connectivity index (χ0) is 22.5. The summed E-state index contributed by atoms with van der Waals surface area (Å²) in [6.45, 7) is 9.12. The molecule has 32 heavy (non-hydrogen) atoms. The predicted molar refractivity (Wildman–Crippen MR) is 133 cm³/mol. The molecule has 4 nitrogen and oxygen atoms in total. The Hall–Kier alpha value is -3.16. The summed E-state index contributed by atoms with van der Waals surface area (Å²) in [5.41, 5.74) is 5.48. The van der Waals surface area contributed by atoms with E-state index in [2.05, 4.69) is 86.0 Å². The molecule has 1 heterocycles. The number of nitrogens with one attached hydrogen (secondary N) is 2. The van der Waals surface area contributed by atoms with E-state index in [0.717, 1.165) is 54.0 Å². The highest BCUT2D eigenvalue weighted by molar-refractivity contribution is 6.11. The van der Waals surface area contributed by atoms with Crippen LogP contribution in [-0.4, -0.2) is 18.9 Å². The van der Waals surface area contributed by atoms with Gasteiger partial charge in [-0.25, -0.2) is 0 Å². The second kappa shape index (κ2) is 9.97. The zero-order valence-electron chi connectivity index (χ0n) is 19.3. The average Bonchev–Trinajstić information content (AvgIpc) is 3.29. The van der Waals surface area contributed by atoms with Crippen LogP contribution in [0.2, 0.25) is 0 Å². The summed E-state index contributed by atoms with van der Waals surface area (Å²) in [6.07, 6.45) is 2.05. The van der Waals surface area contributed by atoms with Gasteiger partial charge in [0, 0.05) is 12.1 Å². The van der Waals surface area contributed by atoms with E-state index >= 15 is 0 Å². The van der Waals surface area contributed by atoms with Gasteiger partial charge in [0.2, 0.25) is 0 Å². The van der Waals surface area contributed by atoms with Crippen molar-refractivity contribution in [3.8, 4) is 6.07 Å². The van der Waals surface area contributed by atoms with Crippen molar-refractivity contribution in [3.05, 3.63) is 82.4 Å². The van der Waals surface area contributed by atoms with Crippen molar-refractivity contribution in [1.82, 2.24) is 10.6 Å². The summed E-state index contributed by atoms with van der Waals surface area (Å²) < 4.78 is 0. The van der Waals surface area contributed by atoms with E-state index in [0.29, 0.717) is 12.5 Å². The molecule has 1 unspecified atom stereocenters. The molecule has 0 aromatic heterocycles. The number of nitriles is 1. The van der Waals surface area contributed by atoms with Gasteiger partial charge in [0.25, 0.3) is 0 Å². The van der Waals surface area contributed by atoms with Gasteiger partial charge in [-0.1, -0.05) is 69.3 Å². The Morgan fingerprint density at radius 1 is 1.09 bits per heavy atom. The number of aliphatic imine (C=N–C) groups is 1. The summed E-state index contributed by atoms with van der Waals surface area (Å²) in [6, 6.07) is 21.7. The number of fused-ring (bicyclic) bond motifs is 1. The molecule has 0 spiro atoms. The van der Waals surface area contributed by atoms with Crippen molar-refractivity contribution in [2.24, 2.45) is 10.9 Å². The number of benzene rings is 3. The average molecular weight is 425 g/mol. The summed E-state index contributed by atoms with van der Waals surface area (Å²) in [7, 11) is 0. The van der Waals surface area contributed by atoms with E-state index in [1.54, 1.807) is 0 Å². The third kappa shape index (κ3) is 4.69. The molecule has 0 aliphatic carbocycles. The maximum Gasteiger partial charge on any atom is 0.129 e. The fourth-order valence-electron chi connectivity index (χ4n) is 4.45. The van der Waals surface area contributed by atoms with E-state index in [1.165, 1.54) is 16.3 Å². The van der Waals surface area contributed by atoms with Gasteiger partial charge in [-0.2, -0.15) is 5.26 Å². The van der Waals surface area contributed by atoms with Gasteiger partial charge in [0.05, 0.1) is 24.2 Å². The fraction of sp³-hybridized carbons (Fsp3) is 0.357. The van der Waals surface area contributed by atoms with Crippen LogP contribution in [-0.2, 0) is 13.0 Å². The molecule has 0 fully saturated rings. The SMILES string of the molecule is CCCNCc1ccc(C2=NCC(c3ccc(CC(C)C)c(C#N)c3)N2)c2ccccc12. The first-order chi connectivity index (χ1) is 15.6. The maximum absolute atomic E-state index is 9.65. The highest BCUT2D eigenvalue weighted by Gasteiger charge is 2.22. The molecule has 2 N–H and O–H groups in total. The van der Waals surface area contributed by atoms with Gasteiger partial charge >= 0.3 is 0 Å². The Labute approximate surface area is 191 Å². The number of nitrogens with zero attached hydrogens (tertiary/aromatic N) is 2. The van der Waals surface area contributed by atoms with E-state index < -0.39 is 0 Å². The third-order valence-corrected chi connectivity index (χ3v) is 6.04. The Balaban J connectivity index is 1.57. The molecule has 0 bridgehead atoms. The summed E-state index contributed by atoms with van der Waals surface area (Å²) >= 11 is 0. The lowest BCUT2D eigenvalue weighted by molar-refractivity contribution is 0.645. The van der Waals surface area contributed by atoms with Gasteiger partial charge in [-0.05, 0) is 58.8 Å². The van der Waals surface area contributed by atoms with Crippen molar-refractivity contribution in [2.45, 2.75) is 46.2 Å². The summed E-state index contributed by atoms with van der Waals surface area (Å²) in [4.78, 5) is 4.85. The standard InChI is InChI=1S/C28H32N4/c1-4-13-30-17-22-11-12-26(25-8-6-5-7-24(22)25)28-31-18-27(32-28)21-10-9-20(14-19(2)3)23(15-21)16-29/h5-12,15,19,27,30H,4,13-14,17-18H2,1-3H3,(H,31,32). The summed E-state index contributed by atoms with van der Waals surface area (Å²) in [5.74, 6) is 1.46. The number of amidine groups is 1. The number of hydrogen-bond donors (Lipinski definition) is 2. The van der Waals surface area contributed by atoms with Crippen LogP contribution in [0.4, 0.5) is 0 Å². The van der Waals surface area contributed by atoms with Crippen LogP contribution in [0.1, 0.15) is 61.1 Å². The second-order valence-electron chi connectivity index (χ2n) is 9.01. The molecule has 1 atom stereocenters. The largest absolute Gasteiger partial charge is 0.361 e. The molecule has 4 heteroatoms. The molecule has 1 aliphatic heterocycles. The smallest absolute Gasteiger partial charge is 0.129 e.